The predicted octanol–water partition coefficient (Wildman–Crippen LogP) is 2.88. The van der Waals surface area contributed by atoms with E-state index in [1.807, 2.05) is 27.8 Å². The van der Waals surface area contributed by atoms with Gasteiger partial charge < -0.3 is 9.64 Å². The average Bonchev–Trinajstić information content (AvgIpc) is 3.20. The Morgan fingerprint density at radius 3 is 2.66 bits per heavy atom. The van der Waals surface area contributed by atoms with E-state index in [9.17, 15) is 9.18 Å². The summed E-state index contributed by atoms with van der Waals surface area (Å²) in [5.41, 5.74) is 4.13. The van der Waals surface area contributed by atoms with Gasteiger partial charge in [-0.25, -0.2) is 9.07 Å². The monoisotopic (exact) mass is 397 g/mol. The van der Waals surface area contributed by atoms with Gasteiger partial charge in [-0.2, -0.15) is 10.2 Å². The van der Waals surface area contributed by atoms with Crippen molar-refractivity contribution < 1.29 is 13.9 Å². The molecule has 1 unspecified atom stereocenters. The van der Waals surface area contributed by atoms with Gasteiger partial charge in [0.05, 0.1) is 24.9 Å². The van der Waals surface area contributed by atoms with E-state index in [0.717, 1.165) is 22.6 Å². The van der Waals surface area contributed by atoms with Crippen molar-refractivity contribution in [2.24, 2.45) is 7.05 Å². The molecule has 8 heteroatoms. The van der Waals surface area contributed by atoms with E-state index in [4.69, 9.17) is 4.74 Å². The minimum Gasteiger partial charge on any atom is -0.377 e. The van der Waals surface area contributed by atoms with Crippen LogP contribution >= 0.6 is 0 Å². The zero-order valence-electron chi connectivity index (χ0n) is 17.0. The van der Waals surface area contributed by atoms with Crippen LogP contribution in [0.4, 0.5) is 4.39 Å². The Balaban J connectivity index is 1.74. The number of halogens is 1. The number of rotatable bonds is 3. The first-order chi connectivity index (χ1) is 13.9. The number of amides is 1. The summed E-state index contributed by atoms with van der Waals surface area (Å²) in [6.45, 7) is 6.97. The fraction of sp³-hybridized carbons (Fsp3) is 0.381. The lowest BCUT2D eigenvalue weighted by atomic mass is 10.0. The van der Waals surface area contributed by atoms with E-state index < -0.39 is 0 Å². The Morgan fingerprint density at radius 2 is 1.97 bits per heavy atom. The Hall–Kier alpha value is -3.00. The first kappa shape index (κ1) is 19.3. The molecule has 0 saturated carbocycles. The van der Waals surface area contributed by atoms with Gasteiger partial charge in [0.2, 0.25) is 0 Å². The van der Waals surface area contributed by atoms with E-state index in [2.05, 4.69) is 10.2 Å². The van der Waals surface area contributed by atoms with Crippen LogP contribution in [-0.4, -0.2) is 50.1 Å². The summed E-state index contributed by atoms with van der Waals surface area (Å²) in [6, 6.07) is 8.01. The van der Waals surface area contributed by atoms with Gasteiger partial charge in [-0.05, 0) is 39.0 Å². The van der Waals surface area contributed by atoms with Crippen molar-refractivity contribution in [1.29, 1.82) is 0 Å². The molecule has 1 saturated heterocycles. The van der Waals surface area contributed by atoms with Gasteiger partial charge in [0.15, 0.2) is 5.69 Å². The van der Waals surface area contributed by atoms with Gasteiger partial charge in [0, 0.05) is 30.5 Å². The summed E-state index contributed by atoms with van der Waals surface area (Å²) in [7, 11) is 1.82. The lowest BCUT2D eigenvalue weighted by molar-refractivity contribution is -0.00338. The van der Waals surface area contributed by atoms with Crippen LogP contribution in [0.2, 0.25) is 0 Å². The highest BCUT2D eigenvalue weighted by molar-refractivity contribution is 5.92. The van der Waals surface area contributed by atoms with Crippen LogP contribution in [0.1, 0.15) is 39.2 Å². The SMILES string of the molecule is Cc1nn(-c2ccccc2F)c(C)c1C1COCCN1C(=O)c1cc(C)n(C)n1. The third-order valence-electron chi connectivity index (χ3n) is 5.48. The minimum absolute atomic E-state index is 0.139. The van der Waals surface area contributed by atoms with Crippen molar-refractivity contribution >= 4 is 5.91 Å². The summed E-state index contributed by atoms with van der Waals surface area (Å²) in [5.74, 6) is -0.485. The molecule has 152 valence electrons. The van der Waals surface area contributed by atoms with E-state index >= 15 is 0 Å². The molecule has 1 aromatic carbocycles. The first-order valence-electron chi connectivity index (χ1n) is 9.59. The molecule has 0 bridgehead atoms. The van der Waals surface area contributed by atoms with E-state index in [1.54, 1.807) is 38.5 Å². The minimum atomic E-state index is -0.346. The molecule has 29 heavy (non-hydrogen) atoms. The number of aromatic nitrogens is 4. The van der Waals surface area contributed by atoms with Gasteiger partial charge in [-0.15, -0.1) is 0 Å². The Bertz CT molecular complexity index is 1050. The second kappa shape index (κ2) is 7.44. The number of carbonyl (C=O) groups excluding carboxylic acids is 1. The summed E-state index contributed by atoms with van der Waals surface area (Å²) < 4.78 is 23.3. The van der Waals surface area contributed by atoms with Crippen molar-refractivity contribution in [3.8, 4) is 5.69 Å². The molecule has 1 atom stereocenters. The maximum absolute atomic E-state index is 14.3. The van der Waals surface area contributed by atoms with Crippen molar-refractivity contribution in [1.82, 2.24) is 24.5 Å². The average molecular weight is 397 g/mol. The third-order valence-corrected chi connectivity index (χ3v) is 5.48. The second-order valence-corrected chi connectivity index (χ2v) is 7.33. The van der Waals surface area contributed by atoms with Crippen LogP contribution in [0.15, 0.2) is 30.3 Å². The molecule has 0 radical (unpaired) electrons. The molecule has 1 aliphatic rings. The van der Waals surface area contributed by atoms with Crippen LogP contribution < -0.4 is 0 Å². The molecule has 1 aliphatic heterocycles. The summed E-state index contributed by atoms with van der Waals surface area (Å²) in [6.07, 6.45) is 0. The lowest BCUT2D eigenvalue weighted by Crippen LogP contribution is -2.44. The highest BCUT2D eigenvalue weighted by Gasteiger charge is 2.34. The molecule has 3 heterocycles. The third kappa shape index (κ3) is 3.33. The normalized spacial score (nSPS) is 17.0. The Kier molecular flexibility index (Phi) is 4.96. The fourth-order valence-electron chi connectivity index (χ4n) is 3.89. The van der Waals surface area contributed by atoms with Gasteiger partial charge >= 0.3 is 0 Å². The fourth-order valence-corrected chi connectivity index (χ4v) is 3.89. The molecule has 2 aromatic heterocycles. The standard InChI is InChI=1S/C21H24FN5O2/c1-13-11-17(24-25(13)4)21(28)26-9-10-29-12-19(26)20-14(2)23-27(15(20)3)18-8-6-5-7-16(18)22/h5-8,11,19H,9-10,12H2,1-4H3. The zero-order valence-corrected chi connectivity index (χ0v) is 17.0. The number of morpholine rings is 1. The van der Waals surface area contributed by atoms with E-state index in [1.165, 1.54) is 6.07 Å². The zero-order chi connectivity index (χ0) is 20.7. The number of ether oxygens (including phenoxy) is 1. The topological polar surface area (TPSA) is 65.2 Å². The molecule has 4 rings (SSSR count). The largest absolute Gasteiger partial charge is 0.377 e. The number of hydrogen-bond acceptors (Lipinski definition) is 4. The number of carbonyl (C=O) groups is 1. The van der Waals surface area contributed by atoms with Crippen molar-refractivity contribution in [3.63, 3.8) is 0 Å². The molecular formula is C21H24FN5O2. The molecule has 1 fully saturated rings. The highest BCUT2D eigenvalue weighted by Crippen LogP contribution is 2.32. The number of aryl methyl sites for hydroxylation is 3. The molecule has 0 N–H and O–H groups in total. The summed E-state index contributed by atoms with van der Waals surface area (Å²) >= 11 is 0. The number of benzene rings is 1. The maximum Gasteiger partial charge on any atom is 0.275 e. The molecule has 0 spiro atoms. The van der Waals surface area contributed by atoms with Crippen LogP contribution in [0.25, 0.3) is 5.69 Å². The quantitative estimate of drug-likeness (QED) is 0.682. The van der Waals surface area contributed by atoms with Gasteiger partial charge in [0.25, 0.3) is 5.91 Å². The van der Waals surface area contributed by atoms with Crippen LogP contribution in [0.3, 0.4) is 0 Å². The second-order valence-electron chi connectivity index (χ2n) is 7.33. The van der Waals surface area contributed by atoms with E-state index in [0.29, 0.717) is 31.1 Å². The lowest BCUT2D eigenvalue weighted by Gasteiger charge is -2.35. The van der Waals surface area contributed by atoms with Crippen LogP contribution in [0, 0.1) is 26.6 Å². The van der Waals surface area contributed by atoms with Crippen LogP contribution in [-0.2, 0) is 11.8 Å². The number of hydrogen-bond donors (Lipinski definition) is 0. The molecular weight excluding hydrogens is 373 g/mol. The van der Waals surface area contributed by atoms with E-state index in [-0.39, 0.29) is 17.8 Å². The maximum atomic E-state index is 14.3. The van der Waals surface area contributed by atoms with Gasteiger partial charge in [-0.1, -0.05) is 12.1 Å². The number of nitrogens with zero attached hydrogens (tertiary/aromatic N) is 5. The smallest absolute Gasteiger partial charge is 0.275 e. The molecule has 0 aliphatic carbocycles. The molecule has 1 amide bonds. The first-order valence-corrected chi connectivity index (χ1v) is 9.59. The number of para-hydroxylation sites is 1. The predicted molar refractivity (Wildman–Crippen MR) is 106 cm³/mol. The van der Waals surface area contributed by atoms with Gasteiger partial charge in [0.1, 0.15) is 11.5 Å². The van der Waals surface area contributed by atoms with Crippen molar-refractivity contribution in [2.45, 2.75) is 26.8 Å². The Morgan fingerprint density at radius 1 is 1.21 bits per heavy atom. The molecule has 7 nitrogen and oxygen atoms in total. The molecule has 3 aromatic rings. The van der Waals surface area contributed by atoms with Crippen molar-refractivity contribution in [2.75, 3.05) is 19.8 Å². The summed E-state index contributed by atoms with van der Waals surface area (Å²) in [4.78, 5) is 15.0. The Labute approximate surface area is 168 Å². The summed E-state index contributed by atoms with van der Waals surface area (Å²) in [5, 5.41) is 8.90. The highest BCUT2D eigenvalue weighted by atomic mass is 19.1. The van der Waals surface area contributed by atoms with Crippen molar-refractivity contribution in [3.05, 3.63) is 64.5 Å². The van der Waals surface area contributed by atoms with Crippen LogP contribution in [0.5, 0.6) is 0 Å². The van der Waals surface area contributed by atoms with Gasteiger partial charge in [-0.3, -0.25) is 9.48 Å².